The highest BCUT2D eigenvalue weighted by Gasteiger charge is 2.29. The van der Waals surface area contributed by atoms with E-state index in [0.717, 1.165) is 10.0 Å². The molecular weight excluding hydrogens is 315 g/mol. The number of ether oxygens (including phenoxy) is 1. The number of benzene rings is 1. The van der Waals surface area contributed by atoms with Gasteiger partial charge < -0.3 is 4.74 Å². The number of amides is 1. The van der Waals surface area contributed by atoms with E-state index in [9.17, 15) is 18.0 Å². The number of carbonyl (C=O) groups is 1. The first-order valence-electron chi connectivity index (χ1n) is 5.11. The Bertz CT molecular complexity index is 435. The van der Waals surface area contributed by atoms with Gasteiger partial charge in [0.2, 0.25) is 0 Å². The van der Waals surface area contributed by atoms with Gasteiger partial charge in [-0.3, -0.25) is 5.32 Å². The monoisotopic (exact) mass is 325 g/mol. The molecule has 0 aromatic heterocycles. The zero-order chi connectivity index (χ0) is 13.8. The minimum Gasteiger partial charge on any atom is -0.440 e. The molecule has 0 spiro atoms. The lowest BCUT2D eigenvalue weighted by Crippen LogP contribution is -2.23. The molecule has 0 aliphatic heterocycles. The second-order valence-corrected chi connectivity index (χ2v) is 4.39. The fourth-order valence-corrected chi connectivity index (χ4v) is 1.68. The fraction of sp³-hybridized carbons (Fsp3) is 0.364. The van der Waals surface area contributed by atoms with Gasteiger partial charge in [0.15, 0.2) is 6.61 Å². The van der Waals surface area contributed by atoms with Gasteiger partial charge in [-0.1, -0.05) is 22.9 Å². The molecule has 7 heteroatoms. The minimum atomic E-state index is -4.52. The van der Waals surface area contributed by atoms with Crippen LogP contribution in [0.1, 0.15) is 12.5 Å². The third kappa shape index (κ3) is 4.95. The second kappa shape index (κ2) is 6.08. The summed E-state index contributed by atoms with van der Waals surface area (Å²) in [5, 5.41) is 2.28. The van der Waals surface area contributed by atoms with Gasteiger partial charge in [0.05, 0.1) is 0 Å². The Hall–Kier alpha value is -1.24. The van der Waals surface area contributed by atoms with Gasteiger partial charge in [-0.15, -0.1) is 0 Å². The first kappa shape index (κ1) is 14.8. The molecule has 0 radical (unpaired) electrons. The lowest BCUT2D eigenvalue weighted by atomic mass is 10.1. The number of aryl methyl sites for hydroxylation is 1. The fourth-order valence-electron chi connectivity index (χ4n) is 1.27. The number of hydrogen-bond acceptors (Lipinski definition) is 2. The molecule has 0 atom stereocenters. The Labute approximate surface area is 110 Å². The van der Waals surface area contributed by atoms with E-state index in [1.54, 1.807) is 18.2 Å². The van der Waals surface area contributed by atoms with Crippen molar-refractivity contribution in [2.45, 2.75) is 19.5 Å². The van der Waals surface area contributed by atoms with Crippen molar-refractivity contribution in [2.75, 3.05) is 11.9 Å². The smallest absolute Gasteiger partial charge is 0.422 e. The van der Waals surface area contributed by atoms with Gasteiger partial charge in [0, 0.05) is 10.2 Å². The Morgan fingerprint density at radius 1 is 1.44 bits per heavy atom. The summed E-state index contributed by atoms with van der Waals surface area (Å²) in [7, 11) is 0. The Morgan fingerprint density at radius 3 is 2.67 bits per heavy atom. The quantitative estimate of drug-likeness (QED) is 0.907. The van der Waals surface area contributed by atoms with E-state index in [1.807, 2.05) is 6.92 Å². The predicted octanol–water partition coefficient (Wildman–Crippen LogP) is 4.12. The topological polar surface area (TPSA) is 38.3 Å². The van der Waals surface area contributed by atoms with Crippen LogP contribution in [0.2, 0.25) is 0 Å². The standard InChI is InChI=1S/C11H11BrF3NO2/c1-2-7-5-8(12)3-4-9(7)16-10(17)18-6-11(13,14)15/h3-5H,2,6H2,1H3,(H,16,17). The molecule has 1 amide bonds. The van der Waals surface area contributed by atoms with Crippen LogP contribution < -0.4 is 5.32 Å². The lowest BCUT2D eigenvalue weighted by molar-refractivity contribution is -0.159. The minimum absolute atomic E-state index is 0.438. The lowest BCUT2D eigenvalue weighted by Gasteiger charge is -2.11. The van der Waals surface area contributed by atoms with E-state index in [4.69, 9.17) is 0 Å². The highest BCUT2D eigenvalue weighted by Crippen LogP contribution is 2.22. The molecule has 1 rings (SSSR count). The zero-order valence-electron chi connectivity index (χ0n) is 9.47. The van der Waals surface area contributed by atoms with Crippen molar-refractivity contribution in [1.29, 1.82) is 0 Å². The largest absolute Gasteiger partial charge is 0.440 e. The van der Waals surface area contributed by atoms with Crippen molar-refractivity contribution in [2.24, 2.45) is 0 Å². The molecule has 100 valence electrons. The summed E-state index contributed by atoms with van der Waals surface area (Å²) in [4.78, 5) is 11.2. The predicted molar refractivity (Wildman–Crippen MR) is 64.5 cm³/mol. The molecule has 0 aliphatic rings. The summed E-state index contributed by atoms with van der Waals surface area (Å²) in [6, 6.07) is 5.05. The molecule has 0 heterocycles. The molecule has 1 aromatic carbocycles. The zero-order valence-corrected chi connectivity index (χ0v) is 11.1. The van der Waals surface area contributed by atoms with Crippen LogP contribution >= 0.6 is 15.9 Å². The van der Waals surface area contributed by atoms with Crippen LogP contribution in [0.4, 0.5) is 23.7 Å². The van der Waals surface area contributed by atoms with E-state index in [2.05, 4.69) is 26.0 Å². The van der Waals surface area contributed by atoms with Crippen LogP contribution in [0.3, 0.4) is 0 Å². The van der Waals surface area contributed by atoms with E-state index in [1.165, 1.54) is 0 Å². The van der Waals surface area contributed by atoms with Gasteiger partial charge in [-0.05, 0) is 30.2 Å². The summed E-state index contributed by atoms with van der Waals surface area (Å²) >= 11 is 3.27. The number of halogens is 4. The number of hydrogen-bond donors (Lipinski definition) is 1. The van der Waals surface area contributed by atoms with Crippen LogP contribution in [0, 0.1) is 0 Å². The molecule has 0 fully saturated rings. The van der Waals surface area contributed by atoms with Crippen molar-refractivity contribution in [3.63, 3.8) is 0 Å². The van der Waals surface area contributed by atoms with Crippen molar-refractivity contribution in [1.82, 2.24) is 0 Å². The summed E-state index contributed by atoms with van der Waals surface area (Å²) in [6.07, 6.45) is -5.01. The molecular formula is C11H11BrF3NO2. The van der Waals surface area contributed by atoms with Crippen LogP contribution in [-0.4, -0.2) is 18.9 Å². The highest BCUT2D eigenvalue weighted by atomic mass is 79.9. The van der Waals surface area contributed by atoms with Gasteiger partial charge in [0.1, 0.15) is 0 Å². The van der Waals surface area contributed by atoms with E-state index < -0.39 is 18.9 Å². The summed E-state index contributed by atoms with van der Waals surface area (Å²) in [5.74, 6) is 0. The van der Waals surface area contributed by atoms with Crippen molar-refractivity contribution in [3.8, 4) is 0 Å². The molecule has 0 saturated heterocycles. The first-order valence-corrected chi connectivity index (χ1v) is 5.90. The molecule has 18 heavy (non-hydrogen) atoms. The first-order chi connectivity index (χ1) is 8.31. The normalized spacial score (nSPS) is 11.2. The molecule has 1 N–H and O–H groups in total. The number of nitrogens with one attached hydrogen (secondary N) is 1. The SMILES string of the molecule is CCc1cc(Br)ccc1NC(=O)OCC(F)(F)F. The van der Waals surface area contributed by atoms with E-state index in [0.29, 0.717) is 12.1 Å². The van der Waals surface area contributed by atoms with Crippen molar-refractivity contribution < 1.29 is 22.7 Å². The molecule has 1 aromatic rings. The Kier molecular flexibility index (Phi) is 5.01. The molecule has 3 nitrogen and oxygen atoms in total. The number of rotatable bonds is 3. The number of anilines is 1. The van der Waals surface area contributed by atoms with Crippen molar-refractivity contribution >= 4 is 27.7 Å². The van der Waals surface area contributed by atoms with E-state index in [-0.39, 0.29) is 0 Å². The Balaban J connectivity index is 2.64. The number of carbonyl (C=O) groups excluding carboxylic acids is 1. The maximum atomic E-state index is 11.8. The average Bonchev–Trinajstić information content (AvgIpc) is 2.28. The van der Waals surface area contributed by atoms with Crippen LogP contribution in [0.25, 0.3) is 0 Å². The number of alkyl halides is 3. The third-order valence-corrected chi connectivity index (χ3v) is 2.55. The van der Waals surface area contributed by atoms with Crippen LogP contribution in [0.15, 0.2) is 22.7 Å². The third-order valence-electron chi connectivity index (χ3n) is 2.05. The van der Waals surface area contributed by atoms with Gasteiger partial charge in [-0.2, -0.15) is 13.2 Å². The average molecular weight is 326 g/mol. The Morgan fingerprint density at radius 2 is 2.11 bits per heavy atom. The summed E-state index contributed by atoms with van der Waals surface area (Å²) < 4.78 is 40.4. The summed E-state index contributed by atoms with van der Waals surface area (Å²) in [5.41, 5.74) is 1.24. The highest BCUT2D eigenvalue weighted by molar-refractivity contribution is 9.10. The van der Waals surface area contributed by atoms with Crippen molar-refractivity contribution in [3.05, 3.63) is 28.2 Å². The van der Waals surface area contributed by atoms with Crippen LogP contribution in [-0.2, 0) is 11.2 Å². The van der Waals surface area contributed by atoms with Gasteiger partial charge in [-0.25, -0.2) is 4.79 Å². The summed E-state index contributed by atoms with van der Waals surface area (Å²) in [6.45, 7) is 0.269. The maximum Gasteiger partial charge on any atom is 0.422 e. The molecule has 0 saturated carbocycles. The molecule has 0 aliphatic carbocycles. The maximum absolute atomic E-state index is 11.8. The van der Waals surface area contributed by atoms with Gasteiger partial charge >= 0.3 is 12.3 Å². The van der Waals surface area contributed by atoms with Gasteiger partial charge in [0.25, 0.3) is 0 Å². The molecule has 0 unspecified atom stereocenters. The molecule has 0 bridgehead atoms. The second-order valence-electron chi connectivity index (χ2n) is 3.47. The van der Waals surface area contributed by atoms with E-state index >= 15 is 0 Å². The van der Waals surface area contributed by atoms with Crippen LogP contribution in [0.5, 0.6) is 0 Å².